The predicted octanol–water partition coefficient (Wildman–Crippen LogP) is 4.87. The summed E-state index contributed by atoms with van der Waals surface area (Å²) in [5, 5.41) is 10.00. The second kappa shape index (κ2) is 9.66. The van der Waals surface area contributed by atoms with Crippen molar-refractivity contribution in [2.45, 2.75) is 26.5 Å². The van der Waals surface area contributed by atoms with Crippen LogP contribution in [0.2, 0.25) is 10.0 Å². The monoisotopic (exact) mass is 381 g/mol. The van der Waals surface area contributed by atoms with E-state index in [2.05, 4.69) is 0 Å². The molecule has 25 heavy (non-hydrogen) atoms. The van der Waals surface area contributed by atoms with E-state index in [1.807, 2.05) is 42.2 Å². The Bertz CT molecular complexity index is 704. The van der Waals surface area contributed by atoms with Crippen LogP contribution in [0.3, 0.4) is 0 Å². The van der Waals surface area contributed by atoms with E-state index in [1.54, 1.807) is 12.1 Å². The van der Waals surface area contributed by atoms with Crippen LogP contribution in [0.1, 0.15) is 24.5 Å². The van der Waals surface area contributed by atoms with Crippen LogP contribution in [0.4, 0.5) is 0 Å². The maximum Gasteiger partial charge on any atom is 0.317 e. The topological polar surface area (TPSA) is 49.8 Å². The van der Waals surface area contributed by atoms with Gasteiger partial charge in [-0.15, -0.1) is 0 Å². The van der Waals surface area contributed by atoms with Crippen LogP contribution in [-0.2, 0) is 17.9 Å². The van der Waals surface area contributed by atoms with Crippen LogP contribution in [-0.4, -0.2) is 29.1 Å². The molecule has 0 fully saturated rings. The lowest BCUT2D eigenvalue weighted by Crippen LogP contribution is -2.30. The van der Waals surface area contributed by atoms with Gasteiger partial charge in [0, 0.05) is 6.54 Å². The predicted molar refractivity (Wildman–Crippen MR) is 100 cm³/mol. The molecule has 2 rings (SSSR count). The van der Waals surface area contributed by atoms with Gasteiger partial charge in [-0.25, -0.2) is 0 Å². The Morgan fingerprint density at radius 2 is 1.76 bits per heavy atom. The normalized spacial score (nSPS) is 10.9. The van der Waals surface area contributed by atoms with Gasteiger partial charge in [0.25, 0.3) is 0 Å². The molecule has 4 nitrogen and oxygen atoms in total. The van der Waals surface area contributed by atoms with Gasteiger partial charge in [-0.1, -0.05) is 48.3 Å². The number of hydrogen-bond donors (Lipinski definition) is 1. The van der Waals surface area contributed by atoms with Crippen LogP contribution in [0.15, 0.2) is 42.5 Å². The highest BCUT2D eigenvalue weighted by molar-refractivity contribution is 6.42. The van der Waals surface area contributed by atoms with Gasteiger partial charge in [-0.2, -0.15) is 0 Å². The maximum atomic E-state index is 10.9. The summed E-state index contributed by atoms with van der Waals surface area (Å²) in [5.74, 6) is -0.0647. The summed E-state index contributed by atoms with van der Waals surface area (Å²) < 4.78 is 5.75. The molecule has 0 aliphatic carbocycles. The van der Waals surface area contributed by atoms with E-state index >= 15 is 0 Å². The lowest BCUT2D eigenvalue weighted by molar-refractivity contribution is -0.138. The average Bonchev–Trinajstić information content (AvgIpc) is 2.57. The third kappa shape index (κ3) is 6.58. The number of carboxylic acid groups (broad SMARTS) is 1. The largest absolute Gasteiger partial charge is 0.489 e. The highest BCUT2D eigenvalue weighted by atomic mass is 35.5. The van der Waals surface area contributed by atoms with Crippen molar-refractivity contribution in [3.8, 4) is 5.75 Å². The fourth-order valence-corrected chi connectivity index (χ4v) is 2.79. The summed E-state index contributed by atoms with van der Waals surface area (Å²) in [6.07, 6.45) is 0.915. The van der Waals surface area contributed by atoms with Gasteiger partial charge < -0.3 is 9.84 Å². The molecule has 0 unspecified atom stereocenters. The Morgan fingerprint density at radius 1 is 1.08 bits per heavy atom. The van der Waals surface area contributed by atoms with E-state index in [0.29, 0.717) is 23.2 Å². The van der Waals surface area contributed by atoms with Crippen molar-refractivity contribution in [1.82, 2.24) is 4.90 Å². The molecule has 0 aliphatic rings. The van der Waals surface area contributed by atoms with E-state index in [4.69, 9.17) is 33.0 Å². The van der Waals surface area contributed by atoms with Gasteiger partial charge in [0.1, 0.15) is 12.4 Å². The molecule has 0 amide bonds. The number of halogens is 2. The van der Waals surface area contributed by atoms with E-state index < -0.39 is 5.97 Å². The number of hydrogen-bond acceptors (Lipinski definition) is 3. The van der Waals surface area contributed by atoms with Crippen molar-refractivity contribution in [3.63, 3.8) is 0 Å². The van der Waals surface area contributed by atoms with Crippen molar-refractivity contribution in [2.75, 3.05) is 13.1 Å². The molecule has 6 heteroatoms. The first-order valence-corrected chi connectivity index (χ1v) is 8.83. The Kier molecular flexibility index (Phi) is 7.56. The fourth-order valence-electron chi connectivity index (χ4n) is 2.47. The average molecular weight is 382 g/mol. The zero-order valence-corrected chi connectivity index (χ0v) is 15.6. The molecule has 134 valence electrons. The van der Waals surface area contributed by atoms with Crippen molar-refractivity contribution in [2.24, 2.45) is 0 Å². The van der Waals surface area contributed by atoms with Crippen molar-refractivity contribution in [1.29, 1.82) is 0 Å². The molecular weight excluding hydrogens is 361 g/mol. The van der Waals surface area contributed by atoms with Gasteiger partial charge in [-0.05, 0) is 48.4 Å². The zero-order valence-electron chi connectivity index (χ0n) is 14.0. The second-order valence-electron chi connectivity index (χ2n) is 5.79. The quantitative estimate of drug-likeness (QED) is 0.672. The van der Waals surface area contributed by atoms with Gasteiger partial charge in [0.05, 0.1) is 16.6 Å². The molecule has 0 saturated carbocycles. The summed E-state index contributed by atoms with van der Waals surface area (Å²) in [5.41, 5.74) is 1.99. The molecule has 0 aliphatic heterocycles. The van der Waals surface area contributed by atoms with Gasteiger partial charge >= 0.3 is 5.97 Å². The standard InChI is InChI=1S/C19H21Cl2NO3/c1-2-9-22(12-19(23)24)11-14-3-6-16(7-4-14)25-13-15-5-8-17(20)18(21)10-15/h3-8,10H,2,9,11-13H2,1H3,(H,23,24). The summed E-state index contributed by atoms with van der Waals surface area (Å²) >= 11 is 11.9. The van der Waals surface area contributed by atoms with Gasteiger partial charge in [0.15, 0.2) is 0 Å². The minimum absolute atomic E-state index is 0.0451. The Morgan fingerprint density at radius 3 is 2.36 bits per heavy atom. The van der Waals surface area contributed by atoms with Gasteiger partial charge in [-0.3, -0.25) is 9.69 Å². The third-order valence-electron chi connectivity index (χ3n) is 3.62. The van der Waals surface area contributed by atoms with Crippen LogP contribution in [0.5, 0.6) is 5.75 Å². The van der Waals surface area contributed by atoms with E-state index in [9.17, 15) is 4.79 Å². The minimum Gasteiger partial charge on any atom is -0.489 e. The van der Waals surface area contributed by atoms with Crippen LogP contribution >= 0.6 is 23.2 Å². The molecule has 2 aromatic carbocycles. The molecule has 0 atom stereocenters. The summed E-state index contributed by atoms with van der Waals surface area (Å²) in [6, 6.07) is 13.1. The van der Waals surface area contributed by atoms with Crippen molar-refractivity contribution < 1.29 is 14.6 Å². The third-order valence-corrected chi connectivity index (χ3v) is 4.36. The van der Waals surface area contributed by atoms with Crippen molar-refractivity contribution >= 4 is 29.2 Å². The summed E-state index contributed by atoms with van der Waals surface area (Å²) in [7, 11) is 0. The van der Waals surface area contributed by atoms with Crippen LogP contribution in [0, 0.1) is 0 Å². The van der Waals surface area contributed by atoms with E-state index in [-0.39, 0.29) is 6.54 Å². The number of benzene rings is 2. The number of rotatable bonds is 9. The lowest BCUT2D eigenvalue weighted by atomic mass is 10.2. The maximum absolute atomic E-state index is 10.9. The fraction of sp³-hybridized carbons (Fsp3) is 0.316. The highest BCUT2D eigenvalue weighted by Crippen LogP contribution is 2.23. The molecular formula is C19H21Cl2NO3. The molecule has 0 aromatic heterocycles. The zero-order chi connectivity index (χ0) is 18.2. The number of carbonyl (C=O) groups is 1. The SMILES string of the molecule is CCCN(CC(=O)O)Cc1ccc(OCc2ccc(Cl)c(Cl)c2)cc1. The summed E-state index contributed by atoms with van der Waals surface area (Å²) in [4.78, 5) is 12.8. The second-order valence-corrected chi connectivity index (χ2v) is 6.60. The highest BCUT2D eigenvalue weighted by Gasteiger charge is 2.09. The first-order valence-electron chi connectivity index (χ1n) is 8.07. The Hall–Kier alpha value is -1.75. The van der Waals surface area contributed by atoms with Crippen LogP contribution in [0.25, 0.3) is 0 Å². The lowest BCUT2D eigenvalue weighted by Gasteiger charge is -2.19. The number of ether oxygens (including phenoxy) is 1. The summed E-state index contributed by atoms with van der Waals surface area (Å²) in [6.45, 7) is 3.84. The minimum atomic E-state index is -0.810. The van der Waals surface area contributed by atoms with E-state index in [0.717, 1.165) is 29.8 Å². The number of nitrogens with zero attached hydrogens (tertiary/aromatic N) is 1. The molecule has 1 N–H and O–H groups in total. The molecule has 0 saturated heterocycles. The molecule has 0 spiro atoms. The smallest absolute Gasteiger partial charge is 0.317 e. The van der Waals surface area contributed by atoms with Crippen LogP contribution < -0.4 is 4.74 Å². The first kappa shape index (κ1) is 19.6. The molecule has 0 radical (unpaired) electrons. The van der Waals surface area contributed by atoms with Gasteiger partial charge in [0.2, 0.25) is 0 Å². The molecule has 0 bridgehead atoms. The molecule has 2 aromatic rings. The number of carboxylic acids is 1. The van der Waals surface area contributed by atoms with Crippen molar-refractivity contribution in [3.05, 3.63) is 63.6 Å². The van der Waals surface area contributed by atoms with E-state index in [1.165, 1.54) is 0 Å². The molecule has 0 heterocycles. The Balaban J connectivity index is 1.92. The number of aliphatic carboxylic acids is 1. The Labute approximate surface area is 157 Å². The first-order chi connectivity index (χ1) is 12.0.